The van der Waals surface area contributed by atoms with Gasteiger partial charge < -0.3 is 0 Å². The van der Waals surface area contributed by atoms with E-state index in [1.165, 1.54) is 9.13 Å². The Morgan fingerprint density at radius 1 is 1.29 bits per heavy atom. The molecule has 0 saturated heterocycles. The molecule has 8 heteroatoms. The van der Waals surface area contributed by atoms with E-state index >= 15 is 0 Å². The Morgan fingerprint density at radius 2 is 2.00 bits per heavy atom. The maximum absolute atomic E-state index is 12.9. The van der Waals surface area contributed by atoms with E-state index in [0.717, 1.165) is 5.71 Å². The molecule has 1 aliphatic rings. The molecule has 0 fully saturated rings. The van der Waals surface area contributed by atoms with Gasteiger partial charge in [-0.3, -0.25) is 18.5 Å². The Labute approximate surface area is 139 Å². The Hall–Kier alpha value is -2.64. The van der Waals surface area contributed by atoms with Crippen LogP contribution in [0, 0.1) is 0 Å². The highest BCUT2D eigenvalue weighted by molar-refractivity contribution is 5.87. The van der Waals surface area contributed by atoms with Gasteiger partial charge >= 0.3 is 5.69 Å². The predicted molar refractivity (Wildman–Crippen MR) is 94.8 cm³/mol. The number of hydrogen-bond donors (Lipinski definition) is 0. The van der Waals surface area contributed by atoms with Crippen LogP contribution < -0.4 is 16.3 Å². The summed E-state index contributed by atoms with van der Waals surface area (Å²) in [5, 5.41) is 6.32. The van der Waals surface area contributed by atoms with Gasteiger partial charge in [-0.2, -0.15) is 10.1 Å². The lowest BCUT2D eigenvalue weighted by molar-refractivity contribution is 0.642. The smallest absolute Gasteiger partial charge is 0.297 e. The standard InChI is InChI=1S/C16H22N6O2/c1-6-7-8-20-14(23)12-13(19(5)16(20)24)17-15-21(12)9-11(4)18-22(15)10(2)3/h6-7,10H,8-9H2,1-5H3/b7-6+. The summed E-state index contributed by atoms with van der Waals surface area (Å²) in [6.45, 7) is 8.54. The van der Waals surface area contributed by atoms with Crippen LogP contribution in [0.1, 0.15) is 27.7 Å². The van der Waals surface area contributed by atoms with Crippen LogP contribution in [0.15, 0.2) is 26.8 Å². The average molecular weight is 330 g/mol. The largest absolute Gasteiger partial charge is 0.332 e. The summed E-state index contributed by atoms with van der Waals surface area (Å²) in [6, 6.07) is 0.0955. The molecule has 0 aliphatic carbocycles. The van der Waals surface area contributed by atoms with Gasteiger partial charge in [-0.05, 0) is 27.7 Å². The van der Waals surface area contributed by atoms with Crippen LogP contribution in [-0.4, -0.2) is 30.4 Å². The highest BCUT2D eigenvalue weighted by atomic mass is 16.2. The van der Waals surface area contributed by atoms with Gasteiger partial charge in [0.2, 0.25) is 5.95 Å². The first kappa shape index (κ1) is 16.2. The van der Waals surface area contributed by atoms with Crippen LogP contribution in [0.25, 0.3) is 11.2 Å². The molecule has 0 unspecified atom stereocenters. The van der Waals surface area contributed by atoms with Crippen molar-refractivity contribution in [2.45, 2.75) is 46.8 Å². The monoisotopic (exact) mass is 330 g/mol. The van der Waals surface area contributed by atoms with Crippen molar-refractivity contribution in [2.24, 2.45) is 12.1 Å². The molecule has 0 N–H and O–H groups in total. The number of aryl methyl sites for hydroxylation is 1. The first-order chi connectivity index (χ1) is 11.4. The third kappa shape index (κ3) is 2.29. The molecule has 0 saturated carbocycles. The van der Waals surface area contributed by atoms with Crippen molar-refractivity contribution in [1.29, 1.82) is 0 Å². The van der Waals surface area contributed by atoms with Gasteiger partial charge in [0.15, 0.2) is 11.2 Å². The molecule has 2 aromatic rings. The molecule has 0 aromatic carbocycles. The molecule has 0 amide bonds. The van der Waals surface area contributed by atoms with Gasteiger partial charge in [-0.25, -0.2) is 9.80 Å². The van der Waals surface area contributed by atoms with Gasteiger partial charge in [0.25, 0.3) is 5.56 Å². The highest BCUT2D eigenvalue weighted by Crippen LogP contribution is 2.25. The second kappa shape index (κ2) is 5.77. The number of hydrazone groups is 1. The number of allylic oxidation sites excluding steroid dienone is 2. The maximum atomic E-state index is 12.9. The Morgan fingerprint density at radius 3 is 2.62 bits per heavy atom. The number of fused-ring (bicyclic) bond motifs is 3. The van der Waals surface area contributed by atoms with Crippen LogP contribution in [0.2, 0.25) is 0 Å². The molecule has 8 nitrogen and oxygen atoms in total. The van der Waals surface area contributed by atoms with E-state index in [9.17, 15) is 9.59 Å². The second-order valence-electron chi connectivity index (χ2n) is 6.27. The van der Waals surface area contributed by atoms with E-state index in [2.05, 4.69) is 10.1 Å². The van der Waals surface area contributed by atoms with Crippen molar-refractivity contribution in [3.05, 3.63) is 33.0 Å². The lowest BCUT2D eigenvalue weighted by atomic mass is 10.3. The van der Waals surface area contributed by atoms with Crippen LogP contribution >= 0.6 is 0 Å². The van der Waals surface area contributed by atoms with Gasteiger partial charge in [-0.15, -0.1) is 0 Å². The third-order valence-corrected chi connectivity index (χ3v) is 4.10. The molecule has 1 aliphatic heterocycles. The predicted octanol–water partition coefficient (Wildman–Crippen LogP) is 1.08. The summed E-state index contributed by atoms with van der Waals surface area (Å²) in [4.78, 5) is 30.0. The van der Waals surface area contributed by atoms with E-state index in [0.29, 0.717) is 23.7 Å². The Bertz CT molecular complexity index is 973. The Balaban J connectivity index is 2.37. The zero-order valence-corrected chi connectivity index (χ0v) is 14.6. The van der Waals surface area contributed by atoms with E-state index in [4.69, 9.17) is 0 Å². The molecule has 0 bridgehead atoms. The number of rotatable bonds is 3. The first-order valence-corrected chi connectivity index (χ1v) is 8.01. The summed E-state index contributed by atoms with van der Waals surface area (Å²) in [5.41, 5.74) is 1.05. The second-order valence-corrected chi connectivity index (χ2v) is 6.27. The zero-order valence-electron chi connectivity index (χ0n) is 14.6. The lowest BCUT2D eigenvalue weighted by Gasteiger charge is -2.27. The summed E-state index contributed by atoms with van der Waals surface area (Å²) in [7, 11) is 1.64. The fourth-order valence-corrected chi connectivity index (χ4v) is 2.89. The first-order valence-electron chi connectivity index (χ1n) is 8.01. The summed E-state index contributed by atoms with van der Waals surface area (Å²) >= 11 is 0. The number of imidazole rings is 1. The minimum absolute atomic E-state index is 0.0955. The minimum Gasteiger partial charge on any atom is -0.297 e. The quantitative estimate of drug-likeness (QED) is 0.789. The maximum Gasteiger partial charge on any atom is 0.332 e. The minimum atomic E-state index is -0.366. The number of nitrogens with zero attached hydrogens (tertiary/aromatic N) is 6. The molecule has 3 rings (SSSR count). The molecule has 24 heavy (non-hydrogen) atoms. The topological polar surface area (TPSA) is 77.4 Å². The van der Waals surface area contributed by atoms with E-state index < -0.39 is 0 Å². The normalized spacial score (nSPS) is 14.8. The van der Waals surface area contributed by atoms with Crippen molar-refractivity contribution < 1.29 is 0 Å². The molecular formula is C16H22N6O2. The van der Waals surface area contributed by atoms with Gasteiger partial charge in [0.1, 0.15) is 0 Å². The Kier molecular flexibility index (Phi) is 3.90. The molecule has 3 heterocycles. The molecule has 2 aromatic heterocycles. The average Bonchev–Trinajstić information content (AvgIpc) is 2.91. The lowest BCUT2D eigenvalue weighted by Crippen LogP contribution is -2.40. The van der Waals surface area contributed by atoms with Crippen molar-refractivity contribution in [3.8, 4) is 0 Å². The molecular weight excluding hydrogens is 308 g/mol. The highest BCUT2D eigenvalue weighted by Gasteiger charge is 2.27. The third-order valence-electron chi connectivity index (χ3n) is 4.10. The summed E-state index contributed by atoms with van der Waals surface area (Å²) < 4.78 is 4.52. The van der Waals surface area contributed by atoms with Crippen molar-refractivity contribution in [1.82, 2.24) is 18.7 Å². The fraction of sp³-hybridized carbons (Fsp3) is 0.500. The van der Waals surface area contributed by atoms with Crippen LogP contribution in [0.3, 0.4) is 0 Å². The van der Waals surface area contributed by atoms with Crippen LogP contribution in [-0.2, 0) is 20.1 Å². The van der Waals surface area contributed by atoms with E-state index in [1.807, 2.05) is 38.3 Å². The SMILES string of the molecule is C/C=C/Cn1c(=O)c2c(nc3n2CC(C)=NN3C(C)C)n(C)c1=O. The molecule has 0 radical (unpaired) electrons. The van der Waals surface area contributed by atoms with E-state index in [-0.39, 0.29) is 23.8 Å². The van der Waals surface area contributed by atoms with Gasteiger partial charge in [-0.1, -0.05) is 12.2 Å². The van der Waals surface area contributed by atoms with Crippen molar-refractivity contribution in [3.63, 3.8) is 0 Å². The van der Waals surface area contributed by atoms with Crippen LogP contribution in [0.5, 0.6) is 0 Å². The fourth-order valence-electron chi connectivity index (χ4n) is 2.89. The number of anilines is 1. The molecule has 128 valence electrons. The summed E-state index contributed by atoms with van der Waals surface area (Å²) in [5.74, 6) is 0.599. The van der Waals surface area contributed by atoms with E-state index in [1.54, 1.807) is 18.1 Å². The van der Waals surface area contributed by atoms with Crippen LogP contribution in [0.4, 0.5) is 5.95 Å². The van der Waals surface area contributed by atoms with Gasteiger partial charge in [0, 0.05) is 13.6 Å². The molecule has 0 spiro atoms. The van der Waals surface area contributed by atoms with Gasteiger partial charge in [0.05, 0.1) is 18.3 Å². The number of aromatic nitrogens is 4. The van der Waals surface area contributed by atoms with Crippen molar-refractivity contribution in [2.75, 3.05) is 5.01 Å². The number of hydrogen-bond acceptors (Lipinski definition) is 5. The zero-order chi connectivity index (χ0) is 17.6. The summed E-state index contributed by atoms with van der Waals surface area (Å²) in [6.07, 6.45) is 3.61. The van der Waals surface area contributed by atoms with Crippen molar-refractivity contribution >= 4 is 22.8 Å². The molecule has 0 atom stereocenters.